The molecule has 33 heavy (non-hydrogen) atoms. The number of amides is 3. The number of phenols is 1. The summed E-state index contributed by atoms with van der Waals surface area (Å²) in [6, 6.07) is 2.46. The summed E-state index contributed by atoms with van der Waals surface area (Å²) in [5.41, 5.74) is -0.434. The van der Waals surface area contributed by atoms with E-state index in [-0.39, 0.29) is 11.5 Å². The quantitative estimate of drug-likeness (QED) is 0.444. The maximum absolute atomic E-state index is 13.6. The Bertz CT molecular complexity index is 859. The standard InChI is InChI=1S/C24H39N3O5S/c1-14(2)27(21(30)17(13-33)25-22(31)32-24(7,8)9)18(20(29)26-23(4,5)6)16-12-10-11-15(3)19(16)28/h10-12,14,17-18,28,33H,13H2,1-9H3,(H,25,31)(H,26,29). The van der Waals surface area contributed by atoms with Gasteiger partial charge in [-0.2, -0.15) is 12.6 Å². The molecule has 0 aliphatic rings. The number of carbonyl (C=O) groups is 3. The Hall–Kier alpha value is -2.42. The molecular weight excluding hydrogens is 442 g/mol. The number of para-hydroxylation sites is 1. The lowest BCUT2D eigenvalue weighted by Crippen LogP contribution is -2.57. The summed E-state index contributed by atoms with van der Waals surface area (Å²) in [5, 5.41) is 16.2. The summed E-state index contributed by atoms with van der Waals surface area (Å²) < 4.78 is 5.28. The SMILES string of the molecule is Cc1cccc(C(C(=O)NC(C)(C)C)N(C(=O)C(CS)NC(=O)OC(C)(C)C)C(C)C)c1O. The van der Waals surface area contributed by atoms with Crippen molar-refractivity contribution < 1.29 is 24.2 Å². The van der Waals surface area contributed by atoms with Crippen molar-refractivity contribution in [3.63, 3.8) is 0 Å². The Labute approximate surface area is 202 Å². The molecule has 0 saturated heterocycles. The number of ether oxygens (including phenoxy) is 1. The van der Waals surface area contributed by atoms with Crippen molar-refractivity contribution >= 4 is 30.5 Å². The van der Waals surface area contributed by atoms with Crippen molar-refractivity contribution in [1.82, 2.24) is 15.5 Å². The number of hydrogen-bond acceptors (Lipinski definition) is 6. The number of nitrogens with one attached hydrogen (secondary N) is 2. The number of thiol groups is 1. The van der Waals surface area contributed by atoms with E-state index >= 15 is 0 Å². The number of nitrogens with zero attached hydrogens (tertiary/aromatic N) is 1. The molecule has 2 atom stereocenters. The average Bonchev–Trinajstić information content (AvgIpc) is 2.63. The molecule has 3 amide bonds. The predicted molar refractivity (Wildman–Crippen MR) is 132 cm³/mol. The first-order valence-corrected chi connectivity index (χ1v) is 11.6. The molecule has 9 heteroatoms. The monoisotopic (exact) mass is 481 g/mol. The second-order valence-corrected chi connectivity index (χ2v) is 10.7. The molecule has 0 aromatic heterocycles. The molecule has 1 aromatic carbocycles. The Kier molecular flexibility index (Phi) is 9.66. The number of hydrogen-bond donors (Lipinski definition) is 4. The van der Waals surface area contributed by atoms with E-state index in [1.165, 1.54) is 4.90 Å². The van der Waals surface area contributed by atoms with Crippen LogP contribution in [0.1, 0.15) is 72.6 Å². The molecule has 0 aliphatic heterocycles. The van der Waals surface area contributed by atoms with Gasteiger partial charge in [-0.25, -0.2) is 4.79 Å². The molecule has 0 radical (unpaired) electrons. The van der Waals surface area contributed by atoms with Crippen LogP contribution in [-0.4, -0.2) is 56.9 Å². The maximum atomic E-state index is 13.6. The molecule has 0 aliphatic carbocycles. The molecule has 0 fully saturated rings. The first kappa shape index (κ1) is 28.6. The van der Waals surface area contributed by atoms with Crippen molar-refractivity contribution in [2.45, 2.75) is 91.6 Å². The van der Waals surface area contributed by atoms with Gasteiger partial charge in [0.25, 0.3) is 0 Å². The van der Waals surface area contributed by atoms with E-state index in [0.29, 0.717) is 11.1 Å². The molecule has 0 bridgehead atoms. The highest BCUT2D eigenvalue weighted by Gasteiger charge is 2.39. The van der Waals surface area contributed by atoms with Crippen LogP contribution in [0.4, 0.5) is 4.79 Å². The van der Waals surface area contributed by atoms with Gasteiger partial charge in [0.2, 0.25) is 11.8 Å². The normalized spacial score (nSPS) is 13.8. The van der Waals surface area contributed by atoms with Gasteiger partial charge < -0.3 is 25.4 Å². The minimum absolute atomic E-state index is 0.00525. The van der Waals surface area contributed by atoms with Gasteiger partial charge in [-0.3, -0.25) is 9.59 Å². The molecule has 186 valence electrons. The maximum Gasteiger partial charge on any atom is 0.408 e. The molecule has 1 aromatic rings. The zero-order valence-electron chi connectivity index (χ0n) is 21.1. The summed E-state index contributed by atoms with van der Waals surface area (Å²) in [6.07, 6.45) is -0.757. The fraction of sp³-hybridized carbons (Fsp3) is 0.625. The lowest BCUT2D eigenvalue weighted by molar-refractivity contribution is -0.144. The van der Waals surface area contributed by atoms with E-state index < -0.39 is 47.2 Å². The minimum atomic E-state index is -1.13. The van der Waals surface area contributed by atoms with Gasteiger partial charge in [0.05, 0.1) is 0 Å². The first-order valence-electron chi connectivity index (χ1n) is 11.0. The van der Waals surface area contributed by atoms with Crippen molar-refractivity contribution in [3.05, 3.63) is 29.3 Å². The Morgan fingerprint density at radius 1 is 1.12 bits per heavy atom. The third-order valence-corrected chi connectivity index (χ3v) is 4.94. The summed E-state index contributed by atoms with van der Waals surface area (Å²) in [4.78, 5) is 40.8. The fourth-order valence-corrected chi connectivity index (χ4v) is 3.50. The molecule has 0 spiro atoms. The number of alkyl carbamates (subject to hydrolysis) is 1. The predicted octanol–water partition coefficient (Wildman–Crippen LogP) is 3.72. The van der Waals surface area contributed by atoms with E-state index in [4.69, 9.17) is 4.74 Å². The number of aryl methyl sites for hydroxylation is 1. The topological polar surface area (TPSA) is 108 Å². The molecule has 3 N–H and O–H groups in total. The van der Waals surface area contributed by atoms with Crippen molar-refractivity contribution in [2.75, 3.05) is 5.75 Å². The van der Waals surface area contributed by atoms with Crippen molar-refractivity contribution in [3.8, 4) is 5.75 Å². The highest BCUT2D eigenvalue weighted by atomic mass is 32.1. The zero-order chi connectivity index (χ0) is 25.7. The van der Waals surface area contributed by atoms with Crippen LogP contribution in [0, 0.1) is 6.92 Å². The lowest BCUT2D eigenvalue weighted by Gasteiger charge is -2.38. The van der Waals surface area contributed by atoms with Crippen LogP contribution < -0.4 is 10.6 Å². The Balaban J connectivity index is 3.48. The van der Waals surface area contributed by atoms with Gasteiger partial charge in [0.15, 0.2) is 0 Å². The van der Waals surface area contributed by atoms with E-state index in [2.05, 4.69) is 23.3 Å². The number of phenolic OH excluding ortho intramolecular Hbond substituents is 1. The number of aromatic hydroxyl groups is 1. The molecular formula is C24H39N3O5S. The fourth-order valence-electron chi connectivity index (χ4n) is 3.25. The molecule has 2 unspecified atom stereocenters. The van der Waals surface area contributed by atoms with Gasteiger partial charge >= 0.3 is 6.09 Å². The third-order valence-electron chi connectivity index (χ3n) is 4.57. The van der Waals surface area contributed by atoms with Crippen molar-refractivity contribution in [2.24, 2.45) is 0 Å². The molecule has 0 saturated carbocycles. The Morgan fingerprint density at radius 3 is 2.15 bits per heavy atom. The van der Waals surface area contributed by atoms with E-state index in [0.717, 1.165) is 0 Å². The van der Waals surface area contributed by atoms with Gasteiger partial charge in [-0.1, -0.05) is 18.2 Å². The highest BCUT2D eigenvalue weighted by Crippen LogP contribution is 2.33. The highest BCUT2D eigenvalue weighted by molar-refractivity contribution is 7.80. The summed E-state index contributed by atoms with van der Waals surface area (Å²) in [7, 11) is 0. The summed E-state index contributed by atoms with van der Waals surface area (Å²) in [6.45, 7) is 15.9. The molecule has 8 nitrogen and oxygen atoms in total. The van der Waals surface area contributed by atoms with E-state index in [1.54, 1.807) is 59.7 Å². The first-order chi connectivity index (χ1) is 15.0. The smallest absolute Gasteiger partial charge is 0.408 e. The van der Waals surface area contributed by atoms with Crippen LogP contribution in [-0.2, 0) is 14.3 Å². The van der Waals surface area contributed by atoms with Crippen LogP contribution in [0.15, 0.2) is 18.2 Å². The largest absolute Gasteiger partial charge is 0.507 e. The summed E-state index contributed by atoms with van der Waals surface area (Å²) in [5.74, 6) is -1.02. The van der Waals surface area contributed by atoms with Gasteiger partial charge in [-0.05, 0) is 67.9 Å². The Morgan fingerprint density at radius 2 is 1.70 bits per heavy atom. The number of benzene rings is 1. The van der Waals surface area contributed by atoms with E-state index in [1.807, 2.05) is 20.8 Å². The van der Waals surface area contributed by atoms with Crippen LogP contribution in [0.25, 0.3) is 0 Å². The number of rotatable bonds is 7. The average molecular weight is 482 g/mol. The summed E-state index contributed by atoms with van der Waals surface area (Å²) >= 11 is 4.25. The van der Waals surface area contributed by atoms with Crippen LogP contribution in [0.3, 0.4) is 0 Å². The van der Waals surface area contributed by atoms with Gasteiger partial charge in [0, 0.05) is 22.9 Å². The van der Waals surface area contributed by atoms with Crippen molar-refractivity contribution in [1.29, 1.82) is 0 Å². The molecule has 0 heterocycles. The molecule has 1 rings (SSSR count). The third kappa shape index (κ3) is 8.46. The van der Waals surface area contributed by atoms with Crippen LogP contribution in [0.5, 0.6) is 5.75 Å². The second-order valence-electron chi connectivity index (χ2n) is 10.4. The second kappa shape index (κ2) is 11.1. The lowest BCUT2D eigenvalue weighted by atomic mass is 9.97. The van der Waals surface area contributed by atoms with Gasteiger partial charge in [0.1, 0.15) is 23.4 Å². The van der Waals surface area contributed by atoms with Crippen LogP contribution >= 0.6 is 12.6 Å². The van der Waals surface area contributed by atoms with E-state index in [9.17, 15) is 19.5 Å². The number of carbonyl (C=O) groups excluding carboxylic acids is 3. The van der Waals surface area contributed by atoms with Crippen LogP contribution in [0.2, 0.25) is 0 Å². The minimum Gasteiger partial charge on any atom is -0.507 e. The van der Waals surface area contributed by atoms with Gasteiger partial charge in [-0.15, -0.1) is 0 Å². The zero-order valence-corrected chi connectivity index (χ0v) is 22.0.